The van der Waals surface area contributed by atoms with Crippen LogP contribution in [-0.2, 0) is 0 Å². The number of hydrogen-bond acceptors (Lipinski definition) is 4. The van der Waals surface area contributed by atoms with Crippen LogP contribution in [0.5, 0.6) is 0 Å². The first-order chi connectivity index (χ1) is 7.24. The van der Waals surface area contributed by atoms with Gasteiger partial charge >= 0.3 is 0 Å². The molecular formula is C9H12Cl2N4. The van der Waals surface area contributed by atoms with Crippen LogP contribution in [0.3, 0.4) is 0 Å². The molecule has 0 aromatic carbocycles. The van der Waals surface area contributed by atoms with E-state index in [1.807, 2.05) is 0 Å². The highest BCUT2D eigenvalue weighted by Crippen LogP contribution is 2.24. The van der Waals surface area contributed by atoms with E-state index < -0.39 is 0 Å². The van der Waals surface area contributed by atoms with E-state index in [0.29, 0.717) is 5.95 Å². The molecule has 1 aliphatic carbocycles. The first kappa shape index (κ1) is 10.9. The van der Waals surface area contributed by atoms with Gasteiger partial charge in [0.2, 0.25) is 16.5 Å². The predicted molar refractivity (Wildman–Crippen MR) is 60.3 cm³/mol. The lowest BCUT2D eigenvalue weighted by molar-refractivity contribution is 0.577. The lowest BCUT2D eigenvalue weighted by atomic mass is 10.1. The summed E-state index contributed by atoms with van der Waals surface area (Å²) in [7, 11) is 0. The van der Waals surface area contributed by atoms with Crippen LogP contribution in [0.15, 0.2) is 0 Å². The molecular weight excluding hydrogens is 235 g/mol. The molecule has 6 heteroatoms. The zero-order chi connectivity index (χ0) is 10.7. The molecule has 15 heavy (non-hydrogen) atoms. The van der Waals surface area contributed by atoms with E-state index in [1.165, 1.54) is 25.7 Å². The van der Waals surface area contributed by atoms with Crippen LogP contribution in [-0.4, -0.2) is 21.5 Å². The maximum atomic E-state index is 5.66. The largest absolute Gasteiger partial charge is 0.354 e. The molecule has 2 rings (SSSR count). The minimum absolute atomic E-state index is 0.129. The Hall–Kier alpha value is -0.610. The molecule has 0 aliphatic heterocycles. The number of hydrogen-bond donors (Lipinski definition) is 1. The maximum Gasteiger partial charge on any atom is 0.228 e. The predicted octanol–water partition coefficient (Wildman–Crippen LogP) is 2.78. The van der Waals surface area contributed by atoms with Crippen LogP contribution in [0, 0.1) is 5.92 Å². The van der Waals surface area contributed by atoms with Crippen LogP contribution < -0.4 is 5.32 Å². The fourth-order valence-electron chi connectivity index (χ4n) is 1.86. The normalized spacial score (nSPS) is 16.9. The lowest BCUT2D eigenvalue weighted by Crippen LogP contribution is -2.13. The summed E-state index contributed by atoms with van der Waals surface area (Å²) < 4.78 is 0. The number of nitrogens with zero attached hydrogens (tertiary/aromatic N) is 3. The Morgan fingerprint density at radius 1 is 1.07 bits per heavy atom. The third-order valence-electron chi connectivity index (χ3n) is 2.60. The number of aromatic nitrogens is 3. The molecule has 4 nitrogen and oxygen atoms in total. The molecule has 0 bridgehead atoms. The summed E-state index contributed by atoms with van der Waals surface area (Å²) >= 11 is 11.3. The summed E-state index contributed by atoms with van der Waals surface area (Å²) in [6.45, 7) is 0.886. The number of anilines is 1. The van der Waals surface area contributed by atoms with Gasteiger partial charge in [0.15, 0.2) is 0 Å². The van der Waals surface area contributed by atoms with Gasteiger partial charge in [0, 0.05) is 6.54 Å². The van der Waals surface area contributed by atoms with Crippen LogP contribution in [0.2, 0.25) is 10.6 Å². The molecule has 1 saturated carbocycles. The van der Waals surface area contributed by atoms with Crippen molar-refractivity contribution in [1.82, 2.24) is 15.0 Å². The Morgan fingerprint density at radius 3 is 2.27 bits per heavy atom. The topological polar surface area (TPSA) is 50.7 Å². The van der Waals surface area contributed by atoms with Crippen molar-refractivity contribution in [2.45, 2.75) is 25.7 Å². The van der Waals surface area contributed by atoms with Gasteiger partial charge in [-0.3, -0.25) is 0 Å². The number of nitrogens with one attached hydrogen (secondary N) is 1. The third-order valence-corrected chi connectivity index (χ3v) is 2.94. The summed E-state index contributed by atoms with van der Waals surface area (Å²) in [4.78, 5) is 11.6. The van der Waals surface area contributed by atoms with Crippen LogP contribution >= 0.6 is 23.2 Å². The number of rotatable bonds is 3. The Bertz CT molecular complexity index is 319. The smallest absolute Gasteiger partial charge is 0.228 e. The van der Waals surface area contributed by atoms with E-state index in [1.54, 1.807) is 0 Å². The molecule has 0 atom stereocenters. The van der Waals surface area contributed by atoms with E-state index in [2.05, 4.69) is 20.3 Å². The maximum absolute atomic E-state index is 5.66. The van der Waals surface area contributed by atoms with E-state index in [4.69, 9.17) is 23.2 Å². The standard InChI is InChI=1S/C9H12Cl2N4/c10-7-13-8(11)15-9(14-7)12-5-6-3-1-2-4-6/h6H,1-5H2,(H,12,13,14,15). The molecule has 1 aromatic heterocycles. The van der Waals surface area contributed by atoms with Gasteiger partial charge in [0.25, 0.3) is 0 Å². The molecule has 0 saturated heterocycles. The van der Waals surface area contributed by atoms with Gasteiger partial charge in [-0.05, 0) is 42.0 Å². The SMILES string of the molecule is Clc1nc(Cl)nc(NCC2CCCC2)n1. The van der Waals surface area contributed by atoms with E-state index in [9.17, 15) is 0 Å². The highest BCUT2D eigenvalue weighted by molar-refractivity contribution is 6.31. The molecule has 0 unspecified atom stereocenters. The number of halogens is 2. The van der Waals surface area contributed by atoms with Gasteiger partial charge in [-0.1, -0.05) is 12.8 Å². The fraction of sp³-hybridized carbons (Fsp3) is 0.667. The zero-order valence-electron chi connectivity index (χ0n) is 8.21. The van der Waals surface area contributed by atoms with Crippen LogP contribution in [0.4, 0.5) is 5.95 Å². The first-order valence-corrected chi connectivity index (χ1v) is 5.80. The fourth-order valence-corrected chi connectivity index (χ4v) is 2.22. The highest BCUT2D eigenvalue weighted by Gasteiger charge is 2.15. The van der Waals surface area contributed by atoms with Gasteiger partial charge in [0.1, 0.15) is 0 Å². The van der Waals surface area contributed by atoms with E-state index in [-0.39, 0.29) is 10.6 Å². The summed E-state index contributed by atoms with van der Waals surface area (Å²) in [5.41, 5.74) is 0. The first-order valence-electron chi connectivity index (χ1n) is 5.05. The second-order valence-corrected chi connectivity index (χ2v) is 4.40. The van der Waals surface area contributed by atoms with E-state index >= 15 is 0 Å². The minimum Gasteiger partial charge on any atom is -0.354 e. The highest BCUT2D eigenvalue weighted by atomic mass is 35.5. The van der Waals surface area contributed by atoms with Gasteiger partial charge < -0.3 is 5.32 Å². The van der Waals surface area contributed by atoms with Gasteiger partial charge in [0.05, 0.1) is 0 Å². The van der Waals surface area contributed by atoms with Crippen molar-refractivity contribution in [3.63, 3.8) is 0 Å². The Balaban J connectivity index is 1.92. The summed E-state index contributed by atoms with van der Waals surface area (Å²) in [6.07, 6.45) is 5.20. The molecule has 1 aromatic rings. The Labute approximate surface area is 98.4 Å². The average molecular weight is 247 g/mol. The van der Waals surface area contributed by atoms with Gasteiger partial charge in [-0.2, -0.15) is 15.0 Å². The third kappa shape index (κ3) is 3.18. The molecule has 0 amide bonds. The quantitative estimate of drug-likeness (QED) is 0.892. The van der Waals surface area contributed by atoms with Crippen molar-refractivity contribution < 1.29 is 0 Å². The Morgan fingerprint density at radius 2 is 1.67 bits per heavy atom. The second kappa shape index (κ2) is 4.94. The molecule has 0 spiro atoms. The molecule has 1 heterocycles. The summed E-state index contributed by atoms with van der Waals surface area (Å²) in [5.74, 6) is 1.19. The zero-order valence-corrected chi connectivity index (χ0v) is 9.72. The van der Waals surface area contributed by atoms with Gasteiger partial charge in [-0.25, -0.2) is 0 Å². The Kier molecular flexibility index (Phi) is 3.59. The average Bonchev–Trinajstić information content (AvgIpc) is 2.65. The lowest BCUT2D eigenvalue weighted by Gasteiger charge is -2.09. The second-order valence-electron chi connectivity index (χ2n) is 3.73. The van der Waals surface area contributed by atoms with Crippen molar-refractivity contribution in [2.24, 2.45) is 5.92 Å². The van der Waals surface area contributed by atoms with Crippen molar-refractivity contribution in [3.8, 4) is 0 Å². The molecule has 1 fully saturated rings. The van der Waals surface area contributed by atoms with Crippen LogP contribution in [0.1, 0.15) is 25.7 Å². The minimum atomic E-state index is 0.129. The summed E-state index contributed by atoms with van der Waals surface area (Å²) in [5, 5.41) is 3.39. The molecule has 1 aliphatic rings. The van der Waals surface area contributed by atoms with E-state index in [0.717, 1.165) is 12.5 Å². The summed E-state index contributed by atoms with van der Waals surface area (Å²) in [6, 6.07) is 0. The van der Waals surface area contributed by atoms with Crippen molar-refractivity contribution in [1.29, 1.82) is 0 Å². The molecule has 0 radical (unpaired) electrons. The monoisotopic (exact) mass is 246 g/mol. The van der Waals surface area contributed by atoms with Crippen molar-refractivity contribution >= 4 is 29.2 Å². The van der Waals surface area contributed by atoms with Crippen molar-refractivity contribution in [2.75, 3.05) is 11.9 Å². The molecule has 82 valence electrons. The van der Waals surface area contributed by atoms with Gasteiger partial charge in [-0.15, -0.1) is 0 Å². The van der Waals surface area contributed by atoms with Crippen molar-refractivity contribution in [3.05, 3.63) is 10.6 Å². The van der Waals surface area contributed by atoms with Crippen LogP contribution in [0.25, 0.3) is 0 Å². The molecule has 1 N–H and O–H groups in total.